The second kappa shape index (κ2) is 12.1. The van der Waals surface area contributed by atoms with Crippen LogP contribution in [0.5, 0.6) is 5.75 Å². The summed E-state index contributed by atoms with van der Waals surface area (Å²) in [7, 11) is 1.29. The highest BCUT2D eigenvalue weighted by atomic mass is 35.5. The van der Waals surface area contributed by atoms with Gasteiger partial charge in [0, 0.05) is 22.9 Å². The van der Waals surface area contributed by atoms with E-state index in [0.29, 0.717) is 35.8 Å². The molecular weight excluding hydrogens is 658 g/mol. The maximum Gasteiger partial charge on any atom is 0.340 e. The highest BCUT2D eigenvalue weighted by molar-refractivity contribution is 6.40. The van der Waals surface area contributed by atoms with Crippen LogP contribution in [0.15, 0.2) is 73.3 Å². The van der Waals surface area contributed by atoms with Crippen molar-refractivity contribution < 1.29 is 28.2 Å². The first kappa shape index (κ1) is 30.7. The molecule has 5 aromatic rings. The zero-order chi connectivity index (χ0) is 33.1. The van der Waals surface area contributed by atoms with Gasteiger partial charge < -0.3 is 28.4 Å². The van der Waals surface area contributed by atoms with Crippen molar-refractivity contribution in [2.75, 3.05) is 32.0 Å². The number of imidazole rings is 1. The van der Waals surface area contributed by atoms with Crippen molar-refractivity contribution in [2.45, 2.75) is 31.5 Å². The zero-order valence-corrected chi connectivity index (χ0v) is 27.3. The molecule has 0 saturated carbocycles. The fourth-order valence-electron chi connectivity index (χ4n) is 7.09. The number of anilines is 1. The van der Waals surface area contributed by atoms with E-state index in [1.165, 1.54) is 18.1 Å². The molecule has 2 atom stereocenters. The number of esters is 1. The SMILES string of the molecule is COC(=O)c1cc(F)c(-c2cccc3c2OCN(C(=O)c2c(Cl)cc(-c4ccn5cncc5c4)cc2Cl)C3)cc1N1C2CCC1COC2. The number of morpholine rings is 1. The molecule has 48 heavy (non-hydrogen) atoms. The van der Waals surface area contributed by atoms with Gasteiger partial charge >= 0.3 is 5.97 Å². The smallest absolute Gasteiger partial charge is 0.340 e. The third-order valence-electron chi connectivity index (χ3n) is 9.41. The third-order valence-corrected chi connectivity index (χ3v) is 10.0. The molecule has 2 saturated heterocycles. The lowest BCUT2D eigenvalue weighted by Crippen LogP contribution is -2.46. The van der Waals surface area contributed by atoms with Gasteiger partial charge in [-0.25, -0.2) is 14.2 Å². The maximum absolute atomic E-state index is 15.9. The average molecular weight is 688 g/mol. The van der Waals surface area contributed by atoms with Crippen molar-refractivity contribution in [3.63, 3.8) is 0 Å². The molecule has 8 rings (SSSR count). The fraction of sp³-hybridized carbons (Fsp3) is 0.250. The Kier molecular flexibility index (Phi) is 7.74. The van der Waals surface area contributed by atoms with Crippen LogP contribution in [0.1, 0.15) is 39.1 Å². The number of amides is 1. The maximum atomic E-state index is 15.9. The van der Waals surface area contributed by atoms with E-state index in [1.807, 2.05) is 28.8 Å². The highest BCUT2D eigenvalue weighted by Gasteiger charge is 2.40. The summed E-state index contributed by atoms with van der Waals surface area (Å²) in [5.41, 5.74) is 5.00. The summed E-state index contributed by atoms with van der Waals surface area (Å²) < 4.78 is 34.7. The zero-order valence-electron chi connectivity index (χ0n) is 25.8. The van der Waals surface area contributed by atoms with Crippen LogP contribution in [-0.2, 0) is 16.0 Å². The average Bonchev–Trinajstić information content (AvgIpc) is 3.66. The van der Waals surface area contributed by atoms with Gasteiger partial charge in [-0.1, -0.05) is 41.4 Å². The van der Waals surface area contributed by atoms with E-state index < -0.39 is 17.7 Å². The number of ether oxygens (including phenoxy) is 3. The summed E-state index contributed by atoms with van der Waals surface area (Å²) in [6, 6.07) is 15.8. The van der Waals surface area contributed by atoms with Crippen molar-refractivity contribution in [1.29, 1.82) is 0 Å². The molecule has 244 valence electrons. The van der Waals surface area contributed by atoms with Crippen LogP contribution in [0.3, 0.4) is 0 Å². The van der Waals surface area contributed by atoms with Gasteiger partial charge in [0.15, 0.2) is 6.73 Å². The minimum atomic E-state index is -0.605. The number of pyridine rings is 1. The summed E-state index contributed by atoms with van der Waals surface area (Å²) >= 11 is 13.4. The predicted molar refractivity (Wildman–Crippen MR) is 179 cm³/mol. The summed E-state index contributed by atoms with van der Waals surface area (Å²) in [6.45, 7) is 1.17. The topological polar surface area (TPSA) is 85.6 Å². The predicted octanol–water partition coefficient (Wildman–Crippen LogP) is 7.26. The van der Waals surface area contributed by atoms with Crippen molar-refractivity contribution in [3.05, 3.63) is 106 Å². The quantitative estimate of drug-likeness (QED) is 0.180. The van der Waals surface area contributed by atoms with Gasteiger partial charge in [-0.3, -0.25) is 4.79 Å². The van der Waals surface area contributed by atoms with E-state index in [1.54, 1.807) is 42.9 Å². The molecular formula is C36H29Cl2FN4O5. The number of hydrogen-bond donors (Lipinski definition) is 0. The first-order chi connectivity index (χ1) is 23.3. The van der Waals surface area contributed by atoms with Crippen molar-refractivity contribution >= 4 is 46.3 Å². The normalized spacial score (nSPS) is 18.5. The van der Waals surface area contributed by atoms with Crippen LogP contribution in [0.25, 0.3) is 27.8 Å². The Morgan fingerprint density at radius 1 is 0.979 bits per heavy atom. The Labute approximate surface area is 285 Å². The van der Waals surface area contributed by atoms with Crippen LogP contribution in [0, 0.1) is 5.82 Å². The minimum absolute atomic E-state index is 0.0826. The Hall–Kier alpha value is -4.64. The Morgan fingerprint density at radius 3 is 2.50 bits per heavy atom. The lowest BCUT2D eigenvalue weighted by Gasteiger charge is -2.37. The number of methoxy groups -OCH3 is 1. The van der Waals surface area contributed by atoms with E-state index in [0.717, 1.165) is 29.5 Å². The number of rotatable bonds is 5. The molecule has 0 N–H and O–H groups in total. The van der Waals surface area contributed by atoms with Crippen molar-refractivity contribution in [2.24, 2.45) is 0 Å². The first-order valence-corrected chi connectivity index (χ1v) is 16.3. The lowest BCUT2D eigenvalue weighted by atomic mass is 9.96. The number of hydrogen-bond acceptors (Lipinski definition) is 7. The molecule has 0 aliphatic carbocycles. The monoisotopic (exact) mass is 686 g/mol. The molecule has 1 amide bonds. The number of halogens is 3. The molecule has 3 aliphatic rings. The summed E-state index contributed by atoms with van der Waals surface area (Å²) in [6.07, 6.45) is 7.20. The van der Waals surface area contributed by atoms with Gasteiger partial charge in [-0.15, -0.1) is 0 Å². The lowest BCUT2D eigenvalue weighted by molar-refractivity contribution is 0.0515. The van der Waals surface area contributed by atoms with Crippen LogP contribution in [-0.4, -0.2) is 65.3 Å². The number of carbonyl (C=O) groups is 2. The number of aromatic nitrogens is 2. The van der Waals surface area contributed by atoms with Crippen LogP contribution in [0.2, 0.25) is 10.0 Å². The standard InChI is InChI=1S/C36H29Cl2FN4O5/c1-46-36(45)28-12-31(39)27(13-32(28)43-23-5-6-24(43)17-47-16-23)26-4-2-3-21-15-42(19-48-34(21)26)35(44)33-29(37)10-22(11-30(33)38)20-7-8-41-18-40-14-25(41)9-20/h2-4,7-14,18,23-24H,5-6,15-17,19H2,1H3. The molecule has 0 radical (unpaired) electrons. The molecule has 9 nitrogen and oxygen atoms in total. The molecule has 2 fully saturated rings. The van der Waals surface area contributed by atoms with Crippen LogP contribution >= 0.6 is 23.2 Å². The summed E-state index contributed by atoms with van der Waals surface area (Å²) in [5.74, 6) is -1.12. The number of nitrogens with zero attached hydrogens (tertiary/aromatic N) is 4. The van der Waals surface area contributed by atoms with E-state index in [2.05, 4.69) is 9.88 Å². The number of benzene rings is 3. The molecule has 5 heterocycles. The summed E-state index contributed by atoms with van der Waals surface area (Å²) in [4.78, 5) is 34.4. The largest absolute Gasteiger partial charge is 0.472 e. The third kappa shape index (κ3) is 5.15. The van der Waals surface area contributed by atoms with Gasteiger partial charge in [0.1, 0.15) is 11.6 Å². The molecule has 3 aliphatic heterocycles. The van der Waals surface area contributed by atoms with Crippen LogP contribution < -0.4 is 9.64 Å². The van der Waals surface area contributed by atoms with Gasteiger partial charge in [0.2, 0.25) is 0 Å². The summed E-state index contributed by atoms with van der Waals surface area (Å²) in [5, 5.41) is 0.431. The van der Waals surface area contributed by atoms with Gasteiger partial charge in [0.25, 0.3) is 5.91 Å². The molecule has 0 spiro atoms. The van der Waals surface area contributed by atoms with Crippen LogP contribution in [0.4, 0.5) is 10.1 Å². The Morgan fingerprint density at radius 2 is 1.75 bits per heavy atom. The van der Waals surface area contributed by atoms with Crippen molar-refractivity contribution in [1.82, 2.24) is 14.3 Å². The van der Waals surface area contributed by atoms with Gasteiger partial charge in [-0.05, 0) is 60.4 Å². The molecule has 12 heteroatoms. The Balaban J connectivity index is 1.10. The van der Waals surface area contributed by atoms with Gasteiger partial charge in [-0.2, -0.15) is 0 Å². The number of fused-ring (bicyclic) bond motifs is 4. The van der Waals surface area contributed by atoms with Gasteiger partial charge in [0.05, 0.1) is 83.9 Å². The second-order valence-corrected chi connectivity index (χ2v) is 13.0. The highest BCUT2D eigenvalue weighted by Crippen LogP contribution is 2.43. The molecule has 2 bridgehead atoms. The van der Waals surface area contributed by atoms with E-state index in [9.17, 15) is 9.59 Å². The fourth-order valence-corrected chi connectivity index (χ4v) is 7.74. The number of carbonyl (C=O) groups excluding carboxylic acids is 2. The molecule has 3 aromatic carbocycles. The first-order valence-electron chi connectivity index (χ1n) is 15.5. The molecule has 2 unspecified atom stereocenters. The van der Waals surface area contributed by atoms with E-state index in [4.69, 9.17) is 37.4 Å². The Bertz CT molecular complexity index is 2080. The second-order valence-electron chi connectivity index (χ2n) is 12.2. The molecule has 2 aromatic heterocycles. The minimum Gasteiger partial charge on any atom is -0.472 e. The van der Waals surface area contributed by atoms with E-state index in [-0.39, 0.29) is 52.1 Å². The number of para-hydroxylation sites is 1. The van der Waals surface area contributed by atoms with E-state index >= 15 is 4.39 Å². The van der Waals surface area contributed by atoms with Crippen molar-refractivity contribution in [3.8, 4) is 28.0 Å².